The van der Waals surface area contributed by atoms with Crippen molar-refractivity contribution in [2.45, 2.75) is 51.6 Å². The summed E-state index contributed by atoms with van der Waals surface area (Å²) in [4.78, 5) is 2.47. The molecule has 0 spiro atoms. The van der Waals surface area contributed by atoms with E-state index in [4.69, 9.17) is 6.42 Å². The van der Waals surface area contributed by atoms with Crippen LogP contribution in [0.5, 0.6) is 0 Å². The van der Waals surface area contributed by atoms with Crippen molar-refractivity contribution in [1.29, 1.82) is 0 Å². The second kappa shape index (κ2) is 3.49. The maximum atomic E-state index is 5.51. The van der Waals surface area contributed by atoms with Gasteiger partial charge >= 0.3 is 0 Å². The fraction of sp³-hybridized carbons (Fsp3) is 0.818. The van der Waals surface area contributed by atoms with Crippen LogP contribution in [-0.4, -0.2) is 23.0 Å². The van der Waals surface area contributed by atoms with Crippen molar-refractivity contribution < 1.29 is 0 Å². The third-order valence-corrected chi connectivity index (χ3v) is 2.52. The molecule has 0 amide bonds. The van der Waals surface area contributed by atoms with E-state index >= 15 is 0 Å². The molecule has 0 heterocycles. The van der Waals surface area contributed by atoms with Crippen molar-refractivity contribution in [2.24, 2.45) is 0 Å². The highest BCUT2D eigenvalue weighted by molar-refractivity contribution is 5.11. The van der Waals surface area contributed by atoms with Gasteiger partial charge in [0.25, 0.3) is 0 Å². The van der Waals surface area contributed by atoms with Gasteiger partial charge in [0, 0.05) is 6.04 Å². The molecular formula is C11H19N. The Balaban J connectivity index is 2.58. The second-order valence-electron chi connectivity index (χ2n) is 4.13. The van der Waals surface area contributed by atoms with Crippen molar-refractivity contribution in [2.75, 3.05) is 6.54 Å². The number of terminal acetylenes is 1. The minimum atomic E-state index is -0.0445. The summed E-state index contributed by atoms with van der Waals surface area (Å²) < 4.78 is 0. The average molecular weight is 165 g/mol. The summed E-state index contributed by atoms with van der Waals surface area (Å²) in [6.07, 6.45) is 9.38. The van der Waals surface area contributed by atoms with Gasteiger partial charge in [0.2, 0.25) is 0 Å². The lowest BCUT2D eigenvalue weighted by Crippen LogP contribution is -2.44. The van der Waals surface area contributed by atoms with Crippen LogP contribution in [0.2, 0.25) is 0 Å². The summed E-state index contributed by atoms with van der Waals surface area (Å²) in [5.74, 6) is 2.87. The zero-order chi connectivity index (χ0) is 9.19. The zero-order valence-electron chi connectivity index (χ0n) is 8.43. The summed E-state index contributed by atoms with van der Waals surface area (Å²) in [6, 6.07) is 0.774. The lowest BCUT2D eigenvalue weighted by molar-refractivity contribution is 0.160. The maximum Gasteiger partial charge on any atom is 0.0768 e. The largest absolute Gasteiger partial charge is 0.285 e. The van der Waals surface area contributed by atoms with Gasteiger partial charge in [-0.3, -0.25) is 4.90 Å². The van der Waals surface area contributed by atoms with E-state index in [0.29, 0.717) is 0 Å². The lowest BCUT2D eigenvalue weighted by atomic mass is 10.0. The Morgan fingerprint density at radius 2 is 2.08 bits per heavy atom. The summed E-state index contributed by atoms with van der Waals surface area (Å²) in [7, 11) is 0. The molecule has 0 bridgehead atoms. The molecule has 68 valence electrons. The molecule has 0 aromatic heterocycles. The van der Waals surface area contributed by atoms with Crippen LogP contribution < -0.4 is 0 Å². The molecule has 1 saturated carbocycles. The highest BCUT2D eigenvalue weighted by Crippen LogP contribution is 2.32. The van der Waals surface area contributed by atoms with Crippen molar-refractivity contribution in [3.8, 4) is 12.3 Å². The van der Waals surface area contributed by atoms with Crippen molar-refractivity contribution in [1.82, 2.24) is 4.90 Å². The van der Waals surface area contributed by atoms with E-state index in [2.05, 4.69) is 31.6 Å². The monoisotopic (exact) mass is 165 g/mol. The van der Waals surface area contributed by atoms with Gasteiger partial charge in [-0.05, 0) is 39.7 Å². The zero-order valence-corrected chi connectivity index (χ0v) is 8.43. The molecule has 12 heavy (non-hydrogen) atoms. The number of hydrogen-bond donors (Lipinski definition) is 0. The van der Waals surface area contributed by atoms with E-state index in [1.54, 1.807) is 0 Å². The van der Waals surface area contributed by atoms with E-state index in [-0.39, 0.29) is 5.54 Å². The molecule has 1 heteroatoms. The van der Waals surface area contributed by atoms with Crippen molar-refractivity contribution >= 4 is 0 Å². The third kappa shape index (κ3) is 2.01. The van der Waals surface area contributed by atoms with Crippen LogP contribution in [0.3, 0.4) is 0 Å². The van der Waals surface area contributed by atoms with Gasteiger partial charge in [0.1, 0.15) is 0 Å². The van der Waals surface area contributed by atoms with Crippen LogP contribution in [-0.2, 0) is 0 Å². The standard InChI is InChI=1S/C11H19N/c1-5-9-12(10-7-8-10)11(3,4)6-2/h2,10H,5,7-9H2,1,3-4H3. The van der Waals surface area contributed by atoms with Gasteiger partial charge in [-0.1, -0.05) is 12.8 Å². The van der Waals surface area contributed by atoms with Gasteiger partial charge in [-0.2, -0.15) is 0 Å². The first-order chi connectivity index (χ1) is 5.61. The molecule has 0 aromatic carbocycles. The normalized spacial score (nSPS) is 17.9. The van der Waals surface area contributed by atoms with Gasteiger partial charge < -0.3 is 0 Å². The van der Waals surface area contributed by atoms with Crippen LogP contribution in [0.4, 0.5) is 0 Å². The molecular weight excluding hydrogens is 146 g/mol. The Labute approximate surface area is 76.1 Å². The summed E-state index contributed by atoms with van der Waals surface area (Å²) in [6.45, 7) is 7.63. The SMILES string of the molecule is C#CC(C)(C)N(CCC)C1CC1. The van der Waals surface area contributed by atoms with Crippen LogP contribution in [0.25, 0.3) is 0 Å². The molecule has 0 radical (unpaired) electrons. The quantitative estimate of drug-likeness (QED) is 0.578. The van der Waals surface area contributed by atoms with Crippen LogP contribution in [0.15, 0.2) is 0 Å². The minimum absolute atomic E-state index is 0.0445. The van der Waals surface area contributed by atoms with E-state index in [1.807, 2.05) is 0 Å². The highest BCUT2D eigenvalue weighted by atomic mass is 15.2. The molecule has 1 aliphatic rings. The highest BCUT2D eigenvalue weighted by Gasteiger charge is 2.36. The van der Waals surface area contributed by atoms with E-state index in [9.17, 15) is 0 Å². The predicted molar refractivity (Wildman–Crippen MR) is 52.9 cm³/mol. The van der Waals surface area contributed by atoms with Gasteiger partial charge in [-0.15, -0.1) is 6.42 Å². The molecule has 0 saturated heterocycles. The van der Waals surface area contributed by atoms with Crippen LogP contribution >= 0.6 is 0 Å². The fourth-order valence-corrected chi connectivity index (χ4v) is 1.63. The van der Waals surface area contributed by atoms with E-state index in [1.165, 1.54) is 19.3 Å². The molecule has 1 aliphatic carbocycles. The Kier molecular flexibility index (Phi) is 2.80. The molecule has 1 fully saturated rings. The number of rotatable bonds is 4. The minimum Gasteiger partial charge on any atom is -0.285 e. The average Bonchev–Trinajstić information content (AvgIpc) is 2.83. The second-order valence-corrected chi connectivity index (χ2v) is 4.13. The first-order valence-corrected chi connectivity index (χ1v) is 4.86. The van der Waals surface area contributed by atoms with Gasteiger partial charge in [0.05, 0.1) is 5.54 Å². The Bertz CT molecular complexity index is 184. The van der Waals surface area contributed by atoms with Crippen LogP contribution in [0.1, 0.15) is 40.0 Å². The first kappa shape index (κ1) is 9.61. The molecule has 0 atom stereocenters. The summed E-state index contributed by atoms with van der Waals surface area (Å²) >= 11 is 0. The molecule has 0 aromatic rings. The first-order valence-electron chi connectivity index (χ1n) is 4.86. The smallest absolute Gasteiger partial charge is 0.0768 e. The van der Waals surface area contributed by atoms with Crippen molar-refractivity contribution in [3.63, 3.8) is 0 Å². The molecule has 1 nitrogen and oxygen atoms in total. The maximum absolute atomic E-state index is 5.51. The van der Waals surface area contributed by atoms with E-state index < -0.39 is 0 Å². The fourth-order valence-electron chi connectivity index (χ4n) is 1.63. The lowest BCUT2D eigenvalue weighted by Gasteiger charge is -2.34. The molecule has 0 aliphatic heterocycles. The molecule has 0 N–H and O–H groups in total. The molecule has 1 rings (SSSR count). The predicted octanol–water partition coefficient (Wildman–Crippen LogP) is 2.27. The summed E-state index contributed by atoms with van der Waals surface area (Å²) in [5, 5.41) is 0. The van der Waals surface area contributed by atoms with E-state index in [0.717, 1.165) is 12.6 Å². The van der Waals surface area contributed by atoms with Crippen LogP contribution in [0, 0.1) is 12.3 Å². The Morgan fingerprint density at radius 3 is 2.42 bits per heavy atom. The Hall–Kier alpha value is -0.480. The van der Waals surface area contributed by atoms with Gasteiger partial charge in [-0.25, -0.2) is 0 Å². The van der Waals surface area contributed by atoms with Gasteiger partial charge in [0.15, 0.2) is 0 Å². The third-order valence-electron chi connectivity index (χ3n) is 2.52. The molecule has 0 unspecified atom stereocenters. The number of nitrogens with zero attached hydrogens (tertiary/aromatic N) is 1. The number of hydrogen-bond acceptors (Lipinski definition) is 1. The topological polar surface area (TPSA) is 3.24 Å². The van der Waals surface area contributed by atoms with Crippen molar-refractivity contribution in [3.05, 3.63) is 0 Å². The Morgan fingerprint density at radius 1 is 1.50 bits per heavy atom. The summed E-state index contributed by atoms with van der Waals surface area (Å²) in [5.41, 5.74) is -0.0445.